The number of likely N-dealkylation sites (tertiary alicyclic amines) is 1. The predicted octanol–water partition coefficient (Wildman–Crippen LogP) is 2.23. The van der Waals surface area contributed by atoms with Crippen LogP contribution in [0.25, 0.3) is 0 Å². The van der Waals surface area contributed by atoms with Gasteiger partial charge in [0, 0.05) is 13.1 Å². The topological polar surface area (TPSA) is 27.0 Å². The van der Waals surface area contributed by atoms with Gasteiger partial charge in [0.25, 0.3) is 0 Å². The van der Waals surface area contributed by atoms with Gasteiger partial charge in [0.05, 0.1) is 0 Å². The summed E-state index contributed by atoms with van der Waals surface area (Å²) in [5, 5.41) is 8.62. The summed E-state index contributed by atoms with van der Waals surface area (Å²) in [7, 11) is 0. The molecule has 68 valence electrons. The van der Waals surface area contributed by atoms with Crippen LogP contribution >= 0.6 is 0 Å². The zero-order chi connectivity index (χ0) is 9.19. The minimum Gasteiger partial charge on any atom is -0.310 e. The zero-order valence-corrected chi connectivity index (χ0v) is 8.30. The molecule has 0 aromatic heterocycles. The van der Waals surface area contributed by atoms with Crippen molar-refractivity contribution in [2.45, 2.75) is 33.6 Å². The quantitative estimate of drug-likeness (QED) is 0.516. The molecule has 2 fully saturated rings. The van der Waals surface area contributed by atoms with Crippen LogP contribution < -0.4 is 0 Å². The third-order valence-corrected chi connectivity index (χ3v) is 3.08. The Morgan fingerprint density at radius 2 is 2.00 bits per heavy atom. The van der Waals surface area contributed by atoms with Gasteiger partial charge < -0.3 is 4.90 Å². The average molecular weight is 166 g/mol. The van der Waals surface area contributed by atoms with E-state index in [1.54, 1.807) is 0 Å². The van der Waals surface area contributed by atoms with Gasteiger partial charge >= 0.3 is 0 Å². The molecule has 1 atom stereocenters. The van der Waals surface area contributed by atoms with Crippen LogP contribution in [0.1, 0.15) is 33.6 Å². The highest BCUT2D eigenvalue weighted by molar-refractivity contribution is 5.06. The Hall–Kier alpha value is -0.710. The van der Waals surface area contributed by atoms with Crippen LogP contribution in [0.15, 0.2) is 0 Å². The van der Waals surface area contributed by atoms with E-state index >= 15 is 0 Å². The zero-order valence-electron chi connectivity index (χ0n) is 8.30. The molecule has 1 aliphatic carbocycles. The van der Waals surface area contributed by atoms with E-state index in [0.29, 0.717) is 5.41 Å². The van der Waals surface area contributed by atoms with Crippen molar-refractivity contribution in [1.29, 1.82) is 5.26 Å². The lowest BCUT2D eigenvalue weighted by molar-refractivity contribution is 0.425. The second kappa shape index (κ2) is 3.35. The van der Waals surface area contributed by atoms with Gasteiger partial charge in [-0.25, -0.2) is 0 Å². The van der Waals surface area contributed by atoms with Gasteiger partial charge in [0.2, 0.25) is 0 Å². The van der Waals surface area contributed by atoms with Crippen molar-refractivity contribution < 1.29 is 0 Å². The average Bonchev–Trinajstić information content (AvgIpc) is 2.80. The number of hydrogen-bond acceptors (Lipinski definition) is 2. The summed E-state index contributed by atoms with van der Waals surface area (Å²) >= 11 is 0. The Kier molecular flexibility index (Phi) is 2.62. The van der Waals surface area contributed by atoms with Crippen LogP contribution in [0.2, 0.25) is 0 Å². The summed E-state index contributed by atoms with van der Waals surface area (Å²) in [6.45, 7) is 8.30. The van der Waals surface area contributed by atoms with Gasteiger partial charge in [-0.15, -0.1) is 0 Å². The molecule has 0 N–H and O–H groups in total. The first-order chi connectivity index (χ1) is 5.77. The summed E-state index contributed by atoms with van der Waals surface area (Å²) in [5.41, 5.74) is 0.579. The maximum Gasteiger partial charge on any atom is 0.179 e. The fourth-order valence-electron chi connectivity index (χ4n) is 2.01. The monoisotopic (exact) mass is 166 g/mol. The number of rotatable bonds is 0. The normalized spacial score (nSPS) is 29.2. The molecule has 0 amide bonds. The molecule has 2 rings (SSSR count). The lowest BCUT2D eigenvalue weighted by Gasteiger charge is -2.07. The second-order valence-corrected chi connectivity index (χ2v) is 3.74. The molecular formula is C10H18N2. The van der Waals surface area contributed by atoms with E-state index < -0.39 is 0 Å². The largest absolute Gasteiger partial charge is 0.310 e. The highest BCUT2D eigenvalue weighted by Gasteiger charge is 2.52. The van der Waals surface area contributed by atoms with Gasteiger partial charge in [0.1, 0.15) is 0 Å². The van der Waals surface area contributed by atoms with Crippen LogP contribution in [0.4, 0.5) is 0 Å². The molecule has 1 spiro atoms. The van der Waals surface area contributed by atoms with Gasteiger partial charge in [-0.1, -0.05) is 20.8 Å². The van der Waals surface area contributed by atoms with Crippen molar-refractivity contribution >= 4 is 0 Å². The highest BCUT2D eigenvalue weighted by atomic mass is 15.2. The standard InChI is InChI=1S/C8H12N2.C2H6/c1-7-4-10(6-9)5-8(7)2-3-8;1-2/h7H,2-5H2,1H3;1-2H3. The Labute approximate surface area is 75.2 Å². The van der Waals surface area contributed by atoms with Crippen molar-refractivity contribution in [3.63, 3.8) is 0 Å². The maximum atomic E-state index is 8.62. The third-order valence-electron chi connectivity index (χ3n) is 3.08. The fraction of sp³-hybridized carbons (Fsp3) is 0.900. The molecule has 1 saturated carbocycles. The first-order valence-corrected chi connectivity index (χ1v) is 4.91. The van der Waals surface area contributed by atoms with Crippen LogP contribution in [-0.4, -0.2) is 18.0 Å². The number of nitriles is 1. The summed E-state index contributed by atoms with van der Waals surface area (Å²) in [4.78, 5) is 1.90. The molecular weight excluding hydrogens is 148 g/mol. The number of nitrogens with zero attached hydrogens (tertiary/aromatic N) is 2. The van der Waals surface area contributed by atoms with Gasteiger partial charge in [0.15, 0.2) is 6.19 Å². The van der Waals surface area contributed by atoms with Crippen LogP contribution in [0, 0.1) is 22.8 Å². The summed E-state index contributed by atoms with van der Waals surface area (Å²) in [5.74, 6) is 0.757. The lowest BCUT2D eigenvalue weighted by atomic mass is 9.95. The molecule has 0 aromatic carbocycles. The van der Waals surface area contributed by atoms with E-state index in [4.69, 9.17) is 5.26 Å². The fourth-order valence-corrected chi connectivity index (χ4v) is 2.01. The third kappa shape index (κ3) is 1.41. The Bertz CT molecular complexity index is 189. The first-order valence-electron chi connectivity index (χ1n) is 4.91. The number of hydrogen-bond donors (Lipinski definition) is 0. The Balaban J connectivity index is 0.000000336. The molecule has 2 aliphatic rings. The minimum atomic E-state index is 0.579. The molecule has 1 heterocycles. The van der Waals surface area contributed by atoms with Crippen molar-refractivity contribution in [2.75, 3.05) is 13.1 Å². The van der Waals surface area contributed by atoms with E-state index in [9.17, 15) is 0 Å². The smallest absolute Gasteiger partial charge is 0.179 e. The highest BCUT2D eigenvalue weighted by Crippen LogP contribution is 2.55. The minimum absolute atomic E-state index is 0.579. The van der Waals surface area contributed by atoms with Gasteiger partial charge in [-0.05, 0) is 24.2 Å². The SMILES string of the molecule is CC.CC1CN(C#N)CC12CC2. The second-order valence-electron chi connectivity index (χ2n) is 3.74. The van der Waals surface area contributed by atoms with Crippen LogP contribution in [-0.2, 0) is 0 Å². The van der Waals surface area contributed by atoms with E-state index in [-0.39, 0.29) is 0 Å². The maximum absolute atomic E-state index is 8.62. The van der Waals surface area contributed by atoms with Crippen LogP contribution in [0.5, 0.6) is 0 Å². The van der Waals surface area contributed by atoms with Gasteiger partial charge in [-0.3, -0.25) is 0 Å². The lowest BCUT2D eigenvalue weighted by Crippen LogP contribution is -2.13. The van der Waals surface area contributed by atoms with Crippen molar-refractivity contribution in [1.82, 2.24) is 4.90 Å². The molecule has 0 aromatic rings. The van der Waals surface area contributed by atoms with Crippen molar-refractivity contribution in [3.05, 3.63) is 0 Å². The molecule has 2 heteroatoms. The van der Waals surface area contributed by atoms with Crippen molar-refractivity contribution in [3.8, 4) is 6.19 Å². The molecule has 1 aliphatic heterocycles. The Morgan fingerprint density at radius 1 is 1.42 bits per heavy atom. The molecule has 0 radical (unpaired) electrons. The predicted molar refractivity (Wildman–Crippen MR) is 49.4 cm³/mol. The first kappa shape index (κ1) is 9.38. The molecule has 12 heavy (non-hydrogen) atoms. The van der Waals surface area contributed by atoms with E-state index in [0.717, 1.165) is 19.0 Å². The summed E-state index contributed by atoms with van der Waals surface area (Å²) < 4.78 is 0. The van der Waals surface area contributed by atoms with Crippen LogP contribution in [0.3, 0.4) is 0 Å². The van der Waals surface area contributed by atoms with E-state index in [1.807, 2.05) is 18.7 Å². The van der Waals surface area contributed by atoms with E-state index in [2.05, 4.69) is 13.1 Å². The molecule has 1 saturated heterocycles. The summed E-state index contributed by atoms with van der Waals surface area (Å²) in [6, 6.07) is 0. The molecule has 0 bridgehead atoms. The summed E-state index contributed by atoms with van der Waals surface area (Å²) in [6.07, 6.45) is 4.93. The van der Waals surface area contributed by atoms with Crippen molar-refractivity contribution in [2.24, 2.45) is 11.3 Å². The van der Waals surface area contributed by atoms with Gasteiger partial charge in [-0.2, -0.15) is 5.26 Å². The molecule has 1 unspecified atom stereocenters. The molecule has 2 nitrogen and oxygen atoms in total. The Morgan fingerprint density at radius 3 is 2.25 bits per heavy atom. The van der Waals surface area contributed by atoms with E-state index in [1.165, 1.54) is 12.8 Å².